The lowest BCUT2D eigenvalue weighted by molar-refractivity contribution is -0.124. The maximum absolute atomic E-state index is 12.9. The maximum Gasteiger partial charge on any atom is 0.237 e. The topological polar surface area (TPSA) is 64.6 Å². The summed E-state index contributed by atoms with van der Waals surface area (Å²) in [4.78, 5) is 15.4. The first-order chi connectivity index (χ1) is 12.6. The van der Waals surface area contributed by atoms with E-state index in [2.05, 4.69) is 22.5 Å². The lowest BCUT2D eigenvalue weighted by Gasteiger charge is -2.34. The Morgan fingerprint density at radius 2 is 2.04 bits per heavy atom. The molecule has 1 aliphatic carbocycles. The first-order valence-electron chi connectivity index (χ1n) is 10.2. The van der Waals surface area contributed by atoms with Gasteiger partial charge in [-0.05, 0) is 80.3 Å². The molecule has 2 aliphatic heterocycles. The molecule has 5 heteroatoms. The summed E-state index contributed by atoms with van der Waals surface area (Å²) < 4.78 is 0. The van der Waals surface area contributed by atoms with E-state index in [1.165, 1.54) is 38.8 Å². The van der Waals surface area contributed by atoms with E-state index in [1.807, 2.05) is 6.07 Å². The minimum absolute atomic E-state index is 0.131. The molecule has 5 nitrogen and oxygen atoms in total. The lowest BCUT2D eigenvalue weighted by atomic mass is 9.94. The normalized spacial score (nSPS) is 25.5. The van der Waals surface area contributed by atoms with Crippen molar-refractivity contribution in [3.05, 3.63) is 29.3 Å². The summed E-state index contributed by atoms with van der Waals surface area (Å²) in [5, 5.41) is 16.3. The molecular weight excluding hydrogens is 326 g/mol. The van der Waals surface area contributed by atoms with Gasteiger partial charge in [-0.15, -0.1) is 0 Å². The zero-order valence-electron chi connectivity index (χ0n) is 15.7. The van der Waals surface area contributed by atoms with Crippen LogP contribution >= 0.6 is 0 Å². The standard InChI is InChI=1S/C21H31N3O2/c1-14-6-8-24(9-7-14)13-20(15-2-3-15)23-21(26)19-11-16-4-5-18(25)10-17(16)12-22-19/h4-5,10,14-15,19-20,22,25H,2-3,6-9,11-13H2,1H3,(H,23,26)/t19-,20-/m1/s1. The Bertz CT molecular complexity index is 651. The largest absolute Gasteiger partial charge is 0.508 e. The molecule has 0 bridgehead atoms. The molecule has 0 unspecified atom stereocenters. The summed E-state index contributed by atoms with van der Waals surface area (Å²) in [6.45, 7) is 6.31. The highest BCUT2D eigenvalue weighted by Crippen LogP contribution is 2.33. The molecule has 1 amide bonds. The number of carbonyl (C=O) groups excluding carboxylic acids is 1. The Labute approximate surface area is 156 Å². The smallest absolute Gasteiger partial charge is 0.237 e. The number of amides is 1. The Morgan fingerprint density at radius 3 is 2.77 bits per heavy atom. The van der Waals surface area contributed by atoms with Crippen molar-refractivity contribution >= 4 is 5.91 Å². The SMILES string of the molecule is CC1CCN(C[C@@H](NC(=O)[C@H]2Cc3ccc(O)cc3CN2)C2CC2)CC1. The van der Waals surface area contributed by atoms with Crippen LogP contribution in [0, 0.1) is 11.8 Å². The van der Waals surface area contributed by atoms with Crippen LogP contribution in [0.2, 0.25) is 0 Å². The molecule has 2 heterocycles. The van der Waals surface area contributed by atoms with Gasteiger partial charge in [-0.2, -0.15) is 0 Å². The average Bonchev–Trinajstić information content (AvgIpc) is 3.47. The van der Waals surface area contributed by atoms with Crippen molar-refractivity contribution in [2.75, 3.05) is 19.6 Å². The number of fused-ring (bicyclic) bond motifs is 1. The molecule has 0 radical (unpaired) electrons. The van der Waals surface area contributed by atoms with Gasteiger partial charge in [0.1, 0.15) is 5.75 Å². The minimum Gasteiger partial charge on any atom is -0.508 e. The van der Waals surface area contributed by atoms with Crippen molar-refractivity contribution in [2.24, 2.45) is 11.8 Å². The Morgan fingerprint density at radius 1 is 1.27 bits per heavy atom. The van der Waals surface area contributed by atoms with Crippen molar-refractivity contribution < 1.29 is 9.90 Å². The van der Waals surface area contributed by atoms with Crippen LogP contribution in [-0.4, -0.2) is 47.6 Å². The van der Waals surface area contributed by atoms with E-state index < -0.39 is 0 Å². The molecule has 2 atom stereocenters. The van der Waals surface area contributed by atoms with Crippen LogP contribution in [0.15, 0.2) is 18.2 Å². The fourth-order valence-corrected chi connectivity index (χ4v) is 4.30. The van der Waals surface area contributed by atoms with Crippen LogP contribution in [0.4, 0.5) is 0 Å². The van der Waals surface area contributed by atoms with E-state index in [-0.39, 0.29) is 17.7 Å². The third-order valence-electron chi connectivity index (χ3n) is 6.32. The molecule has 1 aromatic carbocycles. The zero-order valence-corrected chi connectivity index (χ0v) is 15.7. The highest BCUT2D eigenvalue weighted by Gasteiger charge is 2.35. The van der Waals surface area contributed by atoms with Gasteiger partial charge in [0, 0.05) is 19.1 Å². The molecular formula is C21H31N3O2. The summed E-state index contributed by atoms with van der Waals surface area (Å²) in [6.07, 6.45) is 5.74. The van der Waals surface area contributed by atoms with Gasteiger partial charge in [-0.25, -0.2) is 0 Å². The Kier molecular flexibility index (Phi) is 5.18. The van der Waals surface area contributed by atoms with E-state index in [4.69, 9.17) is 0 Å². The third kappa shape index (κ3) is 4.21. The molecule has 3 N–H and O–H groups in total. The summed E-state index contributed by atoms with van der Waals surface area (Å²) >= 11 is 0. The van der Waals surface area contributed by atoms with E-state index in [0.717, 1.165) is 23.6 Å². The van der Waals surface area contributed by atoms with Crippen LogP contribution in [-0.2, 0) is 17.8 Å². The first kappa shape index (κ1) is 17.8. The number of aromatic hydroxyl groups is 1. The molecule has 4 rings (SSSR count). The number of rotatable bonds is 5. The van der Waals surface area contributed by atoms with Crippen molar-refractivity contribution in [2.45, 2.75) is 57.7 Å². The number of phenols is 1. The predicted molar refractivity (Wildman–Crippen MR) is 102 cm³/mol. The summed E-state index contributed by atoms with van der Waals surface area (Å²) in [5.74, 6) is 1.92. The predicted octanol–water partition coefficient (Wildman–Crippen LogP) is 2.03. The molecule has 1 saturated heterocycles. The van der Waals surface area contributed by atoms with Crippen molar-refractivity contribution in [1.29, 1.82) is 0 Å². The number of phenolic OH excluding ortho intramolecular Hbond substituents is 1. The number of hydrogen-bond acceptors (Lipinski definition) is 4. The Balaban J connectivity index is 1.34. The fraction of sp³-hybridized carbons (Fsp3) is 0.667. The Hall–Kier alpha value is -1.59. The monoisotopic (exact) mass is 357 g/mol. The second-order valence-corrected chi connectivity index (χ2v) is 8.53. The average molecular weight is 357 g/mol. The van der Waals surface area contributed by atoms with E-state index in [1.54, 1.807) is 12.1 Å². The van der Waals surface area contributed by atoms with Crippen molar-refractivity contribution in [1.82, 2.24) is 15.5 Å². The van der Waals surface area contributed by atoms with Crippen molar-refractivity contribution in [3.8, 4) is 5.75 Å². The minimum atomic E-state index is -0.172. The fourth-order valence-electron chi connectivity index (χ4n) is 4.30. The second-order valence-electron chi connectivity index (χ2n) is 8.53. The van der Waals surface area contributed by atoms with Crippen LogP contribution < -0.4 is 10.6 Å². The van der Waals surface area contributed by atoms with Gasteiger partial charge >= 0.3 is 0 Å². The quantitative estimate of drug-likeness (QED) is 0.755. The summed E-state index contributed by atoms with van der Waals surface area (Å²) in [7, 11) is 0. The highest BCUT2D eigenvalue weighted by atomic mass is 16.3. The van der Waals surface area contributed by atoms with Gasteiger partial charge in [0.15, 0.2) is 0 Å². The van der Waals surface area contributed by atoms with Gasteiger partial charge in [0.25, 0.3) is 0 Å². The van der Waals surface area contributed by atoms with Crippen molar-refractivity contribution in [3.63, 3.8) is 0 Å². The summed E-state index contributed by atoms with van der Waals surface area (Å²) in [5.41, 5.74) is 2.25. The van der Waals surface area contributed by atoms with Gasteiger partial charge in [0.05, 0.1) is 6.04 Å². The number of benzene rings is 1. The highest BCUT2D eigenvalue weighted by molar-refractivity contribution is 5.82. The first-order valence-corrected chi connectivity index (χ1v) is 10.2. The summed E-state index contributed by atoms with van der Waals surface area (Å²) in [6, 6.07) is 5.57. The van der Waals surface area contributed by atoms with E-state index >= 15 is 0 Å². The number of hydrogen-bond donors (Lipinski definition) is 3. The lowest BCUT2D eigenvalue weighted by Crippen LogP contribution is -2.54. The molecule has 26 heavy (non-hydrogen) atoms. The number of nitrogens with zero attached hydrogens (tertiary/aromatic N) is 1. The van der Waals surface area contributed by atoms with Crippen LogP contribution in [0.3, 0.4) is 0 Å². The van der Waals surface area contributed by atoms with E-state index in [0.29, 0.717) is 24.9 Å². The van der Waals surface area contributed by atoms with E-state index in [9.17, 15) is 9.90 Å². The third-order valence-corrected chi connectivity index (χ3v) is 6.32. The molecule has 0 spiro atoms. The molecule has 2 fully saturated rings. The molecule has 0 aromatic heterocycles. The number of carbonyl (C=O) groups is 1. The van der Waals surface area contributed by atoms with Gasteiger partial charge < -0.3 is 20.6 Å². The number of piperidine rings is 1. The number of nitrogens with one attached hydrogen (secondary N) is 2. The van der Waals surface area contributed by atoms with Crippen LogP contribution in [0.25, 0.3) is 0 Å². The van der Waals surface area contributed by atoms with Crippen LogP contribution in [0.5, 0.6) is 5.75 Å². The van der Waals surface area contributed by atoms with Gasteiger partial charge in [0.2, 0.25) is 5.91 Å². The maximum atomic E-state index is 12.9. The molecule has 3 aliphatic rings. The van der Waals surface area contributed by atoms with Crippen LogP contribution in [0.1, 0.15) is 43.7 Å². The molecule has 1 saturated carbocycles. The number of likely N-dealkylation sites (tertiary alicyclic amines) is 1. The second kappa shape index (κ2) is 7.57. The zero-order chi connectivity index (χ0) is 18.1. The van der Waals surface area contributed by atoms with Gasteiger partial charge in [-0.3, -0.25) is 4.79 Å². The van der Waals surface area contributed by atoms with Gasteiger partial charge in [-0.1, -0.05) is 13.0 Å². The molecule has 142 valence electrons. The molecule has 1 aromatic rings.